The Morgan fingerprint density at radius 1 is 1.13 bits per heavy atom. The average molecular weight is 207 g/mol. The van der Waals surface area contributed by atoms with E-state index in [1.165, 1.54) is 0 Å². The third-order valence-electron chi connectivity index (χ3n) is 2.39. The van der Waals surface area contributed by atoms with Crippen molar-refractivity contribution in [3.05, 3.63) is 30.3 Å². The van der Waals surface area contributed by atoms with E-state index in [-0.39, 0.29) is 6.10 Å². The molecule has 1 aromatic rings. The summed E-state index contributed by atoms with van der Waals surface area (Å²) in [5, 5.41) is 12.9. The Labute approximate surface area is 92.3 Å². The Morgan fingerprint density at radius 3 is 2.40 bits per heavy atom. The number of nitrogens with one attached hydrogen (secondary N) is 1. The second-order valence-corrected chi connectivity index (χ2v) is 4.37. The van der Waals surface area contributed by atoms with Gasteiger partial charge in [0.1, 0.15) is 0 Å². The molecule has 84 valence electrons. The van der Waals surface area contributed by atoms with Gasteiger partial charge in [-0.25, -0.2) is 0 Å². The maximum Gasteiger partial charge on any atom is 0.0712 e. The fraction of sp³-hybridized carbons (Fsp3) is 0.538. The fourth-order valence-corrected chi connectivity index (χ4v) is 1.42. The van der Waals surface area contributed by atoms with E-state index in [2.05, 4.69) is 19.2 Å². The molecule has 2 heteroatoms. The second kappa shape index (κ2) is 6.46. The van der Waals surface area contributed by atoms with Crippen LogP contribution in [0.25, 0.3) is 0 Å². The van der Waals surface area contributed by atoms with Crippen LogP contribution in [0.2, 0.25) is 0 Å². The highest BCUT2D eigenvalue weighted by atomic mass is 16.3. The van der Waals surface area contributed by atoms with Crippen molar-refractivity contribution in [2.45, 2.75) is 32.8 Å². The quantitative estimate of drug-likeness (QED) is 0.751. The molecule has 0 saturated carbocycles. The summed E-state index contributed by atoms with van der Waals surface area (Å²) < 4.78 is 0. The molecule has 1 aromatic carbocycles. The number of hydrogen-bond donors (Lipinski definition) is 2. The first-order valence-corrected chi connectivity index (χ1v) is 5.65. The third-order valence-corrected chi connectivity index (χ3v) is 2.39. The standard InChI is InChI=1S/C13H21NO/c1-11(2)8-9-13(15)10-14-12-6-4-3-5-7-12/h3-7,11,13-15H,8-10H2,1-2H3. The molecule has 2 nitrogen and oxygen atoms in total. The van der Waals surface area contributed by atoms with Gasteiger partial charge >= 0.3 is 0 Å². The van der Waals surface area contributed by atoms with E-state index >= 15 is 0 Å². The molecule has 1 unspecified atom stereocenters. The van der Waals surface area contributed by atoms with Crippen molar-refractivity contribution in [2.24, 2.45) is 5.92 Å². The normalized spacial score (nSPS) is 12.8. The van der Waals surface area contributed by atoms with Crippen LogP contribution in [0.15, 0.2) is 30.3 Å². The lowest BCUT2D eigenvalue weighted by Gasteiger charge is -2.13. The maximum absolute atomic E-state index is 9.70. The van der Waals surface area contributed by atoms with Gasteiger partial charge in [-0.1, -0.05) is 32.0 Å². The molecule has 0 aliphatic rings. The van der Waals surface area contributed by atoms with Crippen molar-refractivity contribution < 1.29 is 5.11 Å². The Bertz CT molecular complexity index is 258. The first kappa shape index (κ1) is 12.1. The number of para-hydroxylation sites is 1. The molecule has 0 aromatic heterocycles. The first-order valence-electron chi connectivity index (χ1n) is 5.65. The van der Waals surface area contributed by atoms with Crippen LogP contribution in [0.3, 0.4) is 0 Å². The van der Waals surface area contributed by atoms with Gasteiger partial charge in [-0.2, -0.15) is 0 Å². The monoisotopic (exact) mass is 207 g/mol. The number of benzene rings is 1. The van der Waals surface area contributed by atoms with Crippen LogP contribution in [0.4, 0.5) is 5.69 Å². The number of aliphatic hydroxyl groups excluding tert-OH is 1. The molecule has 0 radical (unpaired) electrons. The molecule has 0 bridgehead atoms. The van der Waals surface area contributed by atoms with Crippen LogP contribution in [0.5, 0.6) is 0 Å². The Balaban J connectivity index is 2.19. The lowest BCUT2D eigenvalue weighted by atomic mass is 10.1. The van der Waals surface area contributed by atoms with Gasteiger partial charge in [0.05, 0.1) is 6.10 Å². The summed E-state index contributed by atoms with van der Waals surface area (Å²) in [5.41, 5.74) is 1.07. The third kappa shape index (κ3) is 5.43. The fourth-order valence-electron chi connectivity index (χ4n) is 1.42. The lowest BCUT2D eigenvalue weighted by Crippen LogP contribution is -2.19. The van der Waals surface area contributed by atoms with Crippen LogP contribution in [-0.2, 0) is 0 Å². The highest BCUT2D eigenvalue weighted by molar-refractivity contribution is 5.42. The van der Waals surface area contributed by atoms with Crippen LogP contribution < -0.4 is 5.32 Å². The Morgan fingerprint density at radius 2 is 1.80 bits per heavy atom. The zero-order chi connectivity index (χ0) is 11.1. The Kier molecular flexibility index (Phi) is 5.19. The SMILES string of the molecule is CC(C)CCC(O)CNc1ccccc1. The van der Waals surface area contributed by atoms with Gasteiger partial charge in [0.2, 0.25) is 0 Å². The summed E-state index contributed by atoms with van der Waals surface area (Å²) in [6.45, 7) is 4.99. The number of anilines is 1. The van der Waals surface area contributed by atoms with E-state index in [4.69, 9.17) is 0 Å². The van der Waals surface area contributed by atoms with E-state index in [9.17, 15) is 5.11 Å². The summed E-state index contributed by atoms with van der Waals surface area (Å²) in [5.74, 6) is 0.663. The van der Waals surface area contributed by atoms with E-state index < -0.39 is 0 Å². The Hall–Kier alpha value is -1.02. The van der Waals surface area contributed by atoms with Crippen molar-refractivity contribution >= 4 is 5.69 Å². The van der Waals surface area contributed by atoms with E-state index in [1.807, 2.05) is 30.3 Å². The average Bonchev–Trinajstić information content (AvgIpc) is 2.25. The van der Waals surface area contributed by atoms with Crippen molar-refractivity contribution in [3.63, 3.8) is 0 Å². The molecule has 1 rings (SSSR count). The topological polar surface area (TPSA) is 32.3 Å². The molecule has 0 fully saturated rings. The zero-order valence-corrected chi connectivity index (χ0v) is 9.61. The first-order chi connectivity index (χ1) is 7.18. The number of hydrogen-bond acceptors (Lipinski definition) is 2. The maximum atomic E-state index is 9.70. The summed E-state index contributed by atoms with van der Waals surface area (Å²) in [6.07, 6.45) is 1.71. The van der Waals surface area contributed by atoms with E-state index in [1.54, 1.807) is 0 Å². The minimum absolute atomic E-state index is 0.243. The van der Waals surface area contributed by atoms with Gasteiger partial charge < -0.3 is 10.4 Å². The van der Waals surface area contributed by atoms with Gasteiger partial charge in [0.25, 0.3) is 0 Å². The molecule has 0 aliphatic heterocycles. The molecule has 2 N–H and O–H groups in total. The summed E-state index contributed by atoms with van der Waals surface area (Å²) >= 11 is 0. The zero-order valence-electron chi connectivity index (χ0n) is 9.61. The van der Waals surface area contributed by atoms with Gasteiger partial charge in [-0.15, -0.1) is 0 Å². The summed E-state index contributed by atoms with van der Waals surface area (Å²) in [6, 6.07) is 9.98. The van der Waals surface area contributed by atoms with Crippen LogP contribution in [-0.4, -0.2) is 17.8 Å². The van der Waals surface area contributed by atoms with Crippen molar-refractivity contribution in [1.82, 2.24) is 0 Å². The molecule has 0 saturated heterocycles. The van der Waals surface area contributed by atoms with E-state index in [0.29, 0.717) is 12.5 Å². The van der Waals surface area contributed by atoms with Crippen LogP contribution >= 0.6 is 0 Å². The van der Waals surface area contributed by atoms with Gasteiger partial charge in [-0.05, 0) is 30.9 Å². The molecule has 0 spiro atoms. The van der Waals surface area contributed by atoms with Crippen molar-refractivity contribution in [2.75, 3.05) is 11.9 Å². The largest absolute Gasteiger partial charge is 0.391 e. The molecule has 0 amide bonds. The summed E-state index contributed by atoms with van der Waals surface area (Å²) in [7, 11) is 0. The smallest absolute Gasteiger partial charge is 0.0712 e. The molecule has 0 aliphatic carbocycles. The molecule has 15 heavy (non-hydrogen) atoms. The van der Waals surface area contributed by atoms with E-state index in [0.717, 1.165) is 18.5 Å². The minimum atomic E-state index is -0.243. The lowest BCUT2D eigenvalue weighted by molar-refractivity contribution is 0.169. The predicted octanol–water partition coefficient (Wildman–Crippen LogP) is 2.90. The van der Waals surface area contributed by atoms with Gasteiger partial charge in [0, 0.05) is 12.2 Å². The van der Waals surface area contributed by atoms with Crippen LogP contribution in [0.1, 0.15) is 26.7 Å². The molecule has 0 heterocycles. The summed E-state index contributed by atoms with van der Waals surface area (Å²) in [4.78, 5) is 0. The predicted molar refractivity (Wildman–Crippen MR) is 65.0 cm³/mol. The van der Waals surface area contributed by atoms with Crippen LogP contribution in [0, 0.1) is 5.92 Å². The molecular formula is C13H21NO. The van der Waals surface area contributed by atoms with Gasteiger partial charge in [0.15, 0.2) is 0 Å². The minimum Gasteiger partial charge on any atom is -0.391 e. The number of rotatable bonds is 6. The van der Waals surface area contributed by atoms with Crippen molar-refractivity contribution in [3.8, 4) is 0 Å². The highest BCUT2D eigenvalue weighted by Crippen LogP contribution is 2.09. The van der Waals surface area contributed by atoms with Gasteiger partial charge in [-0.3, -0.25) is 0 Å². The van der Waals surface area contributed by atoms with Crippen molar-refractivity contribution in [1.29, 1.82) is 0 Å². The highest BCUT2D eigenvalue weighted by Gasteiger charge is 2.04. The molecular weight excluding hydrogens is 186 g/mol. The molecule has 1 atom stereocenters. The number of aliphatic hydroxyl groups is 1. The second-order valence-electron chi connectivity index (χ2n) is 4.37.